The zero-order chi connectivity index (χ0) is 17.9. The molecule has 1 aromatic rings. The Bertz CT molecular complexity index is 635. The molecule has 1 amide bonds. The molecule has 3 atom stereocenters. The number of aliphatic carboxylic acids is 2. The molecule has 0 aliphatic carbocycles. The highest BCUT2D eigenvalue weighted by Gasteiger charge is 2.49. The molecule has 8 heteroatoms. The number of carboxylic acid groups (broad SMARTS) is 2. The van der Waals surface area contributed by atoms with Crippen LogP contribution in [0.4, 0.5) is 0 Å². The minimum Gasteiger partial charge on any atom is -0.480 e. The third-order valence-electron chi connectivity index (χ3n) is 3.80. The lowest BCUT2D eigenvalue weighted by atomic mass is 10.0. The second kappa shape index (κ2) is 7.23. The Morgan fingerprint density at radius 3 is 2.38 bits per heavy atom. The minimum absolute atomic E-state index is 0.0633. The third kappa shape index (κ3) is 4.27. The van der Waals surface area contributed by atoms with Crippen LogP contribution in [0.15, 0.2) is 30.3 Å². The van der Waals surface area contributed by atoms with Crippen molar-refractivity contribution < 1.29 is 24.6 Å². The summed E-state index contributed by atoms with van der Waals surface area (Å²) in [6, 6.07) is 6.88. The Balaban J connectivity index is 2.06. The molecule has 130 valence electrons. The van der Waals surface area contributed by atoms with Crippen LogP contribution in [0.5, 0.6) is 0 Å². The topological polar surface area (TPSA) is 116 Å². The average Bonchev–Trinajstić information content (AvgIpc) is 2.81. The number of nitrogens with one attached hydrogen (secondary N) is 2. The molecule has 0 spiro atoms. The molecule has 0 aromatic heterocycles. The van der Waals surface area contributed by atoms with E-state index in [-0.39, 0.29) is 6.42 Å². The largest absolute Gasteiger partial charge is 0.480 e. The van der Waals surface area contributed by atoms with Crippen molar-refractivity contribution in [2.45, 2.75) is 42.5 Å². The van der Waals surface area contributed by atoms with Crippen molar-refractivity contribution in [1.29, 1.82) is 0 Å². The normalized spacial score (nSPS) is 23.4. The molecular formula is C16H20N2O5S. The number of benzene rings is 1. The van der Waals surface area contributed by atoms with Gasteiger partial charge in [-0.25, -0.2) is 4.79 Å². The molecule has 0 saturated carbocycles. The summed E-state index contributed by atoms with van der Waals surface area (Å²) in [7, 11) is 0. The maximum Gasteiger partial charge on any atom is 0.328 e. The second-order valence-corrected chi connectivity index (χ2v) is 7.92. The lowest BCUT2D eigenvalue weighted by Crippen LogP contribution is -2.54. The summed E-state index contributed by atoms with van der Waals surface area (Å²) in [4.78, 5) is 35.0. The van der Waals surface area contributed by atoms with E-state index in [1.807, 2.05) is 6.07 Å². The van der Waals surface area contributed by atoms with Gasteiger partial charge < -0.3 is 15.5 Å². The fraction of sp³-hybridized carbons (Fsp3) is 0.438. The summed E-state index contributed by atoms with van der Waals surface area (Å²) in [5.74, 6) is -2.68. The van der Waals surface area contributed by atoms with Crippen molar-refractivity contribution in [2.75, 3.05) is 0 Å². The van der Waals surface area contributed by atoms with E-state index in [1.165, 1.54) is 11.8 Å². The fourth-order valence-electron chi connectivity index (χ4n) is 2.60. The van der Waals surface area contributed by atoms with Gasteiger partial charge in [-0.2, -0.15) is 0 Å². The van der Waals surface area contributed by atoms with E-state index in [2.05, 4.69) is 10.6 Å². The van der Waals surface area contributed by atoms with Gasteiger partial charge in [-0.15, -0.1) is 11.8 Å². The first-order chi connectivity index (χ1) is 11.2. The number of hydrogen-bond donors (Lipinski definition) is 4. The summed E-state index contributed by atoms with van der Waals surface area (Å²) in [5, 5.41) is 23.2. The Kier molecular flexibility index (Phi) is 5.51. The van der Waals surface area contributed by atoms with Gasteiger partial charge >= 0.3 is 11.9 Å². The number of amides is 1. The first-order valence-electron chi connectivity index (χ1n) is 7.43. The minimum atomic E-state index is -1.21. The van der Waals surface area contributed by atoms with Gasteiger partial charge in [-0.1, -0.05) is 30.3 Å². The molecule has 24 heavy (non-hydrogen) atoms. The smallest absolute Gasteiger partial charge is 0.328 e. The molecule has 1 saturated heterocycles. The van der Waals surface area contributed by atoms with E-state index < -0.39 is 40.1 Å². The quantitative estimate of drug-likeness (QED) is 0.595. The number of carboxylic acids is 2. The number of carbonyl (C=O) groups excluding carboxylic acids is 1. The maximum atomic E-state index is 12.1. The molecule has 0 radical (unpaired) electrons. The van der Waals surface area contributed by atoms with Gasteiger partial charge in [0.2, 0.25) is 5.91 Å². The average molecular weight is 352 g/mol. The second-order valence-electron chi connectivity index (χ2n) is 6.13. The molecule has 1 aliphatic rings. The Labute approximate surface area is 143 Å². The van der Waals surface area contributed by atoms with Crippen LogP contribution >= 0.6 is 11.8 Å². The molecular weight excluding hydrogens is 332 g/mol. The van der Waals surface area contributed by atoms with Crippen LogP contribution in [0.25, 0.3) is 0 Å². The van der Waals surface area contributed by atoms with Crippen molar-refractivity contribution >= 4 is 29.6 Å². The number of carbonyl (C=O) groups is 3. The van der Waals surface area contributed by atoms with E-state index in [0.29, 0.717) is 0 Å². The molecule has 7 nitrogen and oxygen atoms in total. The van der Waals surface area contributed by atoms with Crippen LogP contribution in [0.2, 0.25) is 0 Å². The highest BCUT2D eigenvalue weighted by Crippen LogP contribution is 2.39. The SMILES string of the molecule is CC1(C)S[C@H]([C@@H](NC(=O)Cc2ccccc2)C(=O)O)N[C@@H]1C(=O)O. The molecule has 2 rings (SSSR count). The zero-order valence-electron chi connectivity index (χ0n) is 13.4. The van der Waals surface area contributed by atoms with Crippen LogP contribution in [-0.2, 0) is 20.8 Å². The molecule has 1 aliphatic heterocycles. The van der Waals surface area contributed by atoms with Gasteiger partial charge in [-0.3, -0.25) is 14.9 Å². The highest BCUT2D eigenvalue weighted by molar-refractivity contribution is 8.01. The van der Waals surface area contributed by atoms with Gasteiger partial charge in [0.25, 0.3) is 0 Å². The first kappa shape index (κ1) is 18.3. The van der Waals surface area contributed by atoms with Crippen LogP contribution in [-0.4, -0.2) is 50.3 Å². The molecule has 1 aromatic carbocycles. The van der Waals surface area contributed by atoms with E-state index in [9.17, 15) is 24.6 Å². The number of hydrogen-bond acceptors (Lipinski definition) is 5. The monoisotopic (exact) mass is 352 g/mol. The number of rotatable bonds is 6. The van der Waals surface area contributed by atoms with Crippen LogP contribution in [0.1, 0.15) is 19.4 Å². The summed E-state index contributed by atoms with van der Waals surface area (Å²) in [6.45, 7) is 3.46. The Morgan fingerprint density at radius 2 is 1.88 bits per heavy atom. The standard InChI is InChI=1S/C16H20N2O5S/c1-16(2)12(15(22)23)18-13(24-16)11(14(20)21)17-10(19)8-9-6-4-3-5-7-9/h3-7,11-13,18H,8H2,1-2H3,(H,17,19)(H,20,21)(H,22,23)/t11-,12-,13-/m1/s1. The molecule has 1 fully saturated rings. The summed E-state index contributed by atoms with van der Waals surface area (Å²) in [5.41, 5.74) is 0.773. The molecule has 1 heterocycles. The predicted molar refractivity (Wildman–Crippen MR) is 89.7 cm³/mol. The third-order valence-corrected chi connectivity index (χ3v) is 5.30. The van der Waals surface area contributed by atoms with E-state index in [4.69, 9.17) is 0 Å². The lowest BCUT2D eigenvalue weighted by molar-refractivity contribution is -0.143. The van der Waals surface area contributed by atoms with Crippen molar-refractivity contribution in [3.63, 3.8) is 0 Å². The highest BCUT2D eigenvalue weighted by atomic mass is 32.2. The molecule has 4 N–H and O–H groups in total. The van der Waals surface area contributed by atoms with Gasteiger partial charge in [-0.05, 0) is 19.4 Å². The van der Waals surface area contributed by atoms with Crippen LogP contribution in [0, 0.1) is 0 Å². The van der Waals surface area contributed by atoms with Crippen LogP contribution < -0.4 is 10.6 Å². The summed E-state index contributed by atoms with van der Waals surface area (Å²) in [6.07, 6.45) is 0.0633. The van der Waals surface area contributed by atoms with Crippen molar-refractivity contribution in [3.8, 4) is 0 Å². The Morgan fingerprint density at radius 1 is 1.25 bits per heavy atom. The lowest BCUT2D eigenvalue weighted by Gasteiger charge is -2.22. The van der Waals surface area contributed by atoms with Gasteiger partial charge in [0.1, 0.15) is 6.04 Å². The first-order valence-corrected chi connectivity index (χ1v) is 8.31. The molecule has 0 unspecified atom stereocenters. The van der Waals surface area contributed by atoms with Crippen LogP contribution in [0.3, 0.4) is 0 Å². The van der Waals surface area contributed by atoms with E-state index in [0.717, 1.165) is 5.56 Å². The summed E-state index contributed by atoms with van der Waals surface area (Å²) < 4.78 is -0.686. The van der Waals surface area contributed by atoms with Gasteiger partial charge in [0.15, 0.2) is 6.04 Å². The van der Waals surface area contributed by atoms with E-state index >= 15 is 0 Å². The Hall–Kier alpha value is -2.06. The maximum absolute atomic E-state index is 12.1. The van der Waals surface area contributed by atoms with E-state index in [1.54, 1.807) is 38.1 Å². The van der Waals surface area contributed by atoms with Gasteiger partial charge in [0, 0.05) is 4.75 Å². The summed E-state index contributed by atoms with van der Waals surface area (Å²) >= 11 is 1.20. The fourth-order valence-corrected chi connectivity index (χ4v) is 4.08. The van der Waals surface area contributed by atoms with Crippen molar-refractivity contribution in [3.05, 3.63) is 35.9 Å². The molecule has 0 bridgehead atoms. The number of thioether (sulfide) groups is 1. The van der Waals surface area contributed by atoms with Crippen molar-refractivity contribution in [2.24, 2.45) is 0 Å². The van der Waals surface area contributed by atoms with Crippen molar-refractivity contribution in [1.82, 2.24) is 10.6 Å². The zero-order valence-corrected chi connectivity index (χ0v) is 14.2. The predicted octanol–water partition coefficient (Wildman–Crippen LogP) is 0.693. The van der Waals surface area contributed by atoms with Gasteiger partial charge in [0.05, 0.1) is 11.8 Å².